The van der Waals surface area contributed by atoms with E-state index in [2.05, 4.69) is 4.98 Å². The maximum absolute atomic E-state index is 13.1. The van der Waals surface area contributed by atoms with Crippen LogP contribution in [0, 0.1) is 0 Å². The smallest absolute Gasteiger partial charge is 0.318 e. The quantitative estimate of drug-likeness (QED) is 0.368. The molecule has 1 aromatic heterocycles. The van der Waals surface area contributed by atoms with Crippen molar-refractivity contribution in [1.82, 2.24) is 9.55 Å². The van der Waals surface area contributed by atoms with Gasteiger partial charge in [-0.1, -0.05) is 23.9 Å². The molecule has 0 N–H and O–H groups in total. The first kappa shape index (κ1) is 19.0. The van der Waals surface area contributed by atoms with Crippen molar-refractivity contribution in [1.29, 1.82) is 0 Å². The SMILES string of the molecule is CCOc1ccc(-n2c(SC(C)C(=O)OC)nc3ccccc3c2=O)cc1. The van der Waals surface area contributed by atoms with Crippen molar-refractivity contribution in [2.45, 2.75) is 24.3 Å². The molecule has 0 amide bonds. The maximum Gasteiger partial charge on any atom is 0.318 e. The van der Waals surface area contributed by atoms with E-state index >= 15 is 0 Å². The fraction of sp³-hybridized carbons (Fsp3) is 0.250. The zero-order valence-corrected chi connectivity index (χ0v) is 16.2. The van der Waals surface area contributed by atoms with Crippen molar-refractivity contribution in [3.8, 4) is 11.4 Å². The Morgan fingerprint density at radius 3 is 2.56 bits per heavy atom. The molecule has 1 unspecified atom stereocenters. The van der Waals surface area contributed by atoms with E-state index in [0.717, 1.165) is 5.75 Å². The van der Waals surface area contributed by atoms with E-state index in [4.69, 9.17) is 9.47 Å². The molecule has 0 saturated carbocycles. The molecule has 140 valence electrons. The van der Waals surface area contributed by atoms with Crippen LogP contribution in [-0.2, 0) is 9.53 Å². The summed E-state index contributed by atoms with van der Waals surface area (Å²) in [5.41, 5.74) is 1.05. The third-order valence-corrected chi connectivity index (χ3v) is 5.00. The van der Waals surface area contributed by atoms with Gasteiger partial charge in [-0.2, -0.15) is 0 Å². The topological polar surface area (TPSA) is 70.4 Å². The number of hydrogen-bond acceptors (Lipinski definition) is 6. The van der Waals surface area contributed by atoms with Crippen LogP contribution >= 0.6 is 11.8 Å². The molecular weight excluding hydrogens is 364 g/mol. The molecule has 6 nitrogen and oxygen atoms in total. The molecule has 3 aromatic rings. The molecule has 3 rings (SSSR count). The summed E-state index contributed by atoms with van der Waals surface area (Å²) in [6.07, 6.45) is 0. The summed E-state index contributed by atoms with van der Waals surface area (Å²) in [6, 6.07) is 14.4. The molecule has 0 radical (unpaired) electrons. The number of benzene rings is 2. The van der Waals surface area contributed by atoms with E-state index in [9.17, 15) is 9.59 Å². The largest absolute Gasteiger partial charge is 0.494 e. The van der Waals surface area contributed by atoms with Crippen molar-refractivity contribution >= 4 is 28.6 Å². The molecule has 0 aliphatic rings. The van der Waals surface area contributed by atoms with E-state index in [1.165, 1.54) is 23.4 Å². The lowest BCUT2D eigenvalue weighted by Crippen LogP contribution is -2.24. The van der Waals surface area contributed by atoms with Crippen molar-refractivity contribution in [2.24, 2.45) is 0 Å². The van der Waals surface area contributed by atoms with Gasteiger partial charge >= 0.3 is 5.97 Å². The Hall–Kier alpha value is -2.80. The highest BCUT2D eigenvalue weighted by atomic mass is 32.2. The first-order valence-electron chi connectivity index (χ1n) is 8.54. The highest BCUT2D eigenvalue weighted by Crippen LogP contribution is 2.26. The summed E-state index contributed by atoms with van der Waals surface area (Å²) in [5, 5.41) is 0.444. The lowest BCUT2D eigenvalue weighted by Gasteiger charge is -2.15. The maximum atomic E-state index is 13.1. The summed E-state index contributed by atoms with van der Waals surface area (Å²) in [7, 11) is 1.34. The number of methoxy groups -OCH3 is 1. The summed E-state index contributed by atoms with van der Waals surface area (Å²) in [6.45, 7) is 4.20. The molecule has 1 atom stereocenters. The molecule has 7 heteroatoms. The normalized spacial score (nSPS) is 12.0. The molecule has 27 heavy (non-hydrogen) atoms. The van der Waals surface area contributed by atoms with Crippen molar-refractivity contribution in [3.63, 3.8) is 0 Å². The first-order chi connectivity index (χ1) is 13.0. The van der Waals surface area contributed by atoms with Gasteiger partial charge in [-0.15, -0.1) is 0 Å². The molecule has 0 aliphatic heterocycles. The first-order valence-corrected chi connectivity index (χ1v) is 9.42. The van der Waals surface area contributed by atoms with Crippen molar-refractivity contribution in [3.05, 3.63) is 58.9 Å². The number of thioether (sulfide) groups is 1. The number of hydrogen-bond donors (Lipinski definition) is 0. The van der Waals surface area contributed by atoms with Gasteiger partial charge in [0.25, 0.3) is 5.56 Å². The number of carbonyl (C=O) groups is 1. The van der Waals surface area contributed by atoms with E-state index in [1.807, 2.05) is 13.0 Å². The number of nitrogens with zero attached hydrogens (tertiary/aromatic N) is 2. The van der Waals surface area contributed by atoms with Gasteiger partial charge in [0, 0.05) is 0 Å². The number of carbonyl (C=O) groups excluding carboxylic acids is 1. The minimum absolute atomic E-state index is 0.190. The van der Waals surface area contributed by atoms with Gasteiger partial charge in [-0.3, -0.25) is 14.2 Å². The number of aromatic nitrogens is 2. The average Bonchev–Trinajstić information content (AvgIpc) is 2.69. The van der Waals surface area contributed by atoms with Crippen molar-refractivity contribution < 1.29 is 14.3 Å². The monoisotopic (exact) mass is 384 g/mol. The molecule has 0 spiro atoms. The van der Waals surface area contributed by atoms with Crippen LogP contribution in [0.15, 0.2) is 58.5 Å². The Morgan fingerprint density at radius 2 is 1.89 bits per heavy atom. The summed E-state index contributed by atoms with van der Waals surface area (Å²) in [4.78, 5) is 29.6. The Kier molecular flexibility index (Phi) is 5.81. The molecule has 0 fully saturated rings. The van der Waals surface area contributed by atoms with Gasteiger partial charge in [0.05, 0.1) is 30.3 Å². The number of para-hydroxylation sites is 1. The van der Waals surface area contributed by atoms with Gasteiger partial charge in [0.2, 0.25) is 0 Å². The molecule has 0 bridgehead atoms. The molecule has 0 saturated heterocycles. The third-order valence-electron chi connectivity index (χ3n) is 3.97. The zero-order chi connectivity index (χ0) is 19.4. The van der Waals surface area contributed by atoms with Gasteiger partial charge in [-0.25, -0.2) is 4.98 Å². The van der Waals surface area contributed by atoms with Crippen LogP contribution in [0.3, 0.4) is 0 Å². The standard InChI is InChI=1S/C20H20N2O4S/c1-4-26-15-11-9-14(10-12-15)22-18(23)16-7-5-6-8-17(16)21-20(22)27-13(2)19(24)25-3/h5-13H,4H2,1-3H3. The second kappa shape index (κ2) is 8.26. The Bertz CT molecular complexity index is 1010. The Labute approximate surface area is 161 Å². The van der Waals surface area contributed by atoms with Crippen LogP contribution in [0.5, 0.6) is 5.75 Å². The number of esters is 1. The minimum Gasteiger partial charge on any atom is -0.494 e. The zero-order valence-electron chi connectivity index (χ0n) is 15.3. The van der Waals surface area contributed by atoms with Crippen LogP contribution in [0.2, 0.25) is 0 Å². The van der Waals surface area contributed by atoms with Crippen LogP contribution < -0.4 is 10.3 Å². The number of ether oxygens (including phenoxy) is 2. The lowest BCUT2D eigenvalue weighted by atomic mass is 10.2. The van der Waals surface area contributed by atoms with E-state index < -0.39 is 5.25 Å². The van der Waals surface area contributed by atoms with E-state index in [0.29, 0.717) is 28.4 Å². The number of fused-ring (bicyclic) bond motifs is 1. The van der Waals surface area contributed by atoms with Crippen LogP contribution in [0.25, 0.3) is 16.6 Å². The van der Waals surface area contributed by atoms with Crippen LogP contribution in [0.1, 0.15) is 13.8 Å². The fourth-order valence-electron chi connectivity index (χ4n) is 2.65. The summed E-state index contributed by atoms with van der Waals surface area (Å²) in [5.74, 6) is 0.348. The third kappa shape index (κ3) is 3.98. The second-order valence-corrected chi connectivity index (χ2v) is 7.07. The fourth-order valence-corrected chi connectivity index (χ4v) is 3.60. The predicted molar refractivity (Wildman–Crippen MR) is 106 cm³/mol. The molecule has 2 aromatic carbocycles. The molecular formula is C20H20N2O4S. The molecule has 0 aliphatic carbocycles. The average molecular weight is 384 g/mol. The van der Waals surface area contributed by atoms with Gasteiger partial charge < -0.3 is 9.47 Å². The molecule has 1 heterocycles. The van der Waals surface area contributed by atoms with Crippen molar-refractivity contribution in [2.75, 3.05) is 13.7 Å². The van der Waals surface area contributed by atoms with Crippen LogP contribution in [0.4, 0.5) is 0 Å². The van der Waals surface area contributed by atoms with Gasteiger partial charge in [0.15, 0.2) is 5.16 Å². The second-order valence-electron chi connectivity index (χ2n) is 5.76. The van der Waals surface area contributed by atoms with E-state index in [1.54, 1.807) is 49.4 Å². The highest BCUT2D eigenvalue weighted by Gasteiger charge is 2.20. The lowest BCUT2D eigenvalue weighted by molar-refractivity contribution is -0.139. The highest BCUT2D eigenvalue weighted by molar-refractivity contribution is 8.00. The van der Waals surface area contributed by atoms with E-state index in [-0.39, 0.29) is 11.5 Å². The minimum atomic E-state index is -0.503. The Balaban J connectivity index is 2.15. The predicted octanol–water partition coefficient (Wildman–Crippen LogP) is 3.44. The summed E-state index contributed by atoms with van der Waals surface area (Å²) < 4.78 is 11.8. The Morgan fingerprint density at radius 1 is 1.19 bits per heavy atom. The van der Waals surface area contributed by atoms with Gasteiger partial charge in [-0.05, 0) is 50.2 Å². The van der Waals surface area contributed by atoms with Crippen LogP contribution in [-0.4, -0.2) is 34.5 Å². The number of rotatable bonds is 6. The van der Waals surface area contributed by atoms with Gasteiger partial charge in [0.1, 0.15) is 11.0 Å². The summed E-state index contributed by atoms with van der Waals surface area (Å²) >= 11 is 1.19.